The van der Waals surface area contributed by atoms with Crippen LogP contribution in [0.1, 0.15) is 35.1 Å². The van der Waals surface area contributed by atoms with Crippen molar-refractivity contribution in [1.29, 1.82) is 0 Å². The molecule has 0 saturated heterocycles. The average molecular weight is 414 g/mol. The number of hydrogen-bond donors (Lipinski definition) is 0. The van der Waals surface area contributed by atoms with E-state index < -0.39 is 15.6 Å². The Morgan fingerprint density at radius 2 is 1.54 bits per heavy atom. The molecule has 0 atom stereocenters. The third-order valence-corrected chi connectivity index (χ3v) is 6.01. The highest BCUT2D eigenvalue weighted by molar-refractivity contribution is 7.88. The van der Waals surface area contributed by atoms with Crippen LogP contribution in [-0.2, 0) is 23.0 Å². The van der Waals surface area contributed by atoms with Crippen molar-refractivity contribution in [2.24, 2.45) is 0 Å². The van der Waals surface area contributed by atoms with Gasteiger partial charge in [-0.15, -0.1) is 0 Å². The van der Waals surface area contributed by atoms with E-state index in [1.807, 2.05) is 13.0 Å². The molecule has 0 fully saturated rings. The molecule has 0 aromatic heterocycles. The van der Waals surface area contributed by atoms with Crippen LogP contribution in [0.25, 0.3) is 11.1 Å². The molecule has 8 heteroatoms. The molecule has 0 aliphatic heterocycles. The zero-order chi connectivity index (χ0) is 20.7. The van der Waals surface area contributed by atoms with E-state index in [-0.39, 0.29) is 5.75 Å². The first kappa shape index (κ1) is 20.5. The Balaban J connectivity index is 2.39. The van der Waals surface area contributed by atoms with Crippen LogP contribution in [0.4, 0.5) is 13.2 Å². The molecule has 0 radical (unpaired) electrons. The maximum absolute atomic E-state index is 13.1. The van der Waals surface area contributed by atoms with Gasteiger partial charge in [0.25, 0.3) is 0 Å². The molecule has 0 saturated carbocycles. The molecule has 0 bridgehead atoms. The van der Waals surface area contributed by atoms with E-state index in [0.717, 1.165) is 24.0 Å². The summed E-state index contributed by atoms with van der Waals surface area (Å²) in [5, 5.41) is 0. The fourth-order valence-corrected chi connectivity index (χ4v) is 4.27. The van der Waals surface area contributed by atoms with Crippen molar-refractivity contribution in [3.05, 3.63) is 46.5 Å². The standard InChI is InChI=1S/C20H21F3O4S/c1-12-8-4-5-9-14(12)17-13(2)18(26-3)15-10-6-7-11-16(15)19(17)27-28(24,25)20(21,22)23/h4-5,8-9H,6-7,10-11H2,1-3H3. The summed E-state index contributed by atoms with van der Waals surface area (Å²) in [6.07, 6.45) is 2.59. The Labute approximate surface area is 162 Å². The SMILES string of the molecule is COc1c(C)c(-c2ccccc2C)c(OS(=O)(=O)C(F)(F)F)c2c1CCCC2. The van der Waals surface area contributed by atoms with Gasteiger partial charge in [-0.2, -0.15) is 21.6 Å². The Morgan fingerprint density at radius 1 is 0.964 bits per heavy atom. The molecule has 0 spiro atoms. The van der Waals surface area contributed by atoms with E-state index in [1.165, 1.54) is 7.11 Å². The highest BCUT2D eigenvalue weighted by Gasteiger charge is 2.49. The summed E-state index contributed by atoms with van der Waals surface area (Å²) in [7, 11) is -4.30. The molecule has 1 aliphatic carbocycles. The van der Waals surface area contributed by atoms with E-state index in [4.69, 9.17) is 8.92 Å². The molecule has 2 aromatic rings. The Hall–Kier alpha value is -2.22. The van der Waals surface area contributed by atoms with Crippen molar-refractivity contribution < 1.29 is 30.5 Å². The van der Waals surface area contributed by atoms with E-state index in [9.17, 15) is 21.6 Å². The average Bonchev–Trinajstić information content (AvgIpc) is 2.62. The van der Waals surface area contributed by atoms with Crippen molar-refractivity contribution in [2.45, 2.75) is 45.0 Å². The van der Waals surface area contributed by atoms with E-state index in [0.29, 0.717) is 40.8 Å². The number of hydrogen-bond acceptors (Lipinski definition) is 4. The lowest BCUT2D eigenvalue weighted by Crippen LogP contribution is -2.29. The van der Waals surface area contributed by atoms with Gasteiger partial charge in [-0.3, -0.25) is 0 Å². The van der Waals surface area contributed by atoms with Gasteiger partial charge in [0, 0.05) is 22.3 Å². The number of benzene rings is 2. The number of ether oxygens (including phenoxy) is 1. The van der Waals surface area contributed by atoms with Crippen LogP contribution in [0, 0.1) is 13.8 Å². The van der Waals surface area contributed by atoms with Crippen LogP contribution < -0.4 is 8.92 Å². The predicted molar refractivity (Wildman–Crippen MR) is 100 cm³/mol. The summed E-state index contributed by atoms with van der Waals surface area (Å²) in [5.74, 6) is 0.337. The first-order chi connectivity index (χ1) is 13.1. The fraction of sp³-hybridized carbons (Fsp3) is 0.400. The Bertz CT molecular complexity index is 1010. The van der Waals surface area contributed by atoms with Crippen LogP contribution in [0.5, 0.6) is 11.5 Å². The quantitative estimate of drug-likeness (QED) is 0.517. The van der Waals surface area contributed by atoms with Crippen LogP contribution in [0.3, 0.4) is 0 Å². The first-order valence-corrected chi connectivity index (χ1v) is 10.3. The van der Waals surface area contributed by atoms with Crippen molar-refractivity contribution in [3.8, 4) is 22.6 Å². The highest BCUT2D eigenvalue weighted by atomic mass is 32.2. The molecule has 0 heterocycles. The minimum Gasteiger partial charge on any atom is -0.496 e. The summed E-state index contributed by atoms with van der Waals surface area (Å²) in [6.45, 7) is 3.52. The minimum absolute atomic E-state index is 0.236. The molecule has 0 N–H and O–H groups in total. The smallest absolute Gasteiger partial charge is 0.496 e. The monoisotopic (exact) mass is 414 g/mol. The topological polar surface area (TPSA) is 52.6 Å². The van der Waals surface area contributed by atoms with Gasteiger partial charge in [-0.05, 0) is 50.7 Å². The molecule has 3 rings (SSSR count). The number of fused-ring (bicyclic) bond motifs is 1. The number of halogens is 3. The number of aryl methyl sites for hydroxylation is 1. The number of methoxy groups -OCH3 is 1. The second kappa shape index (κ2) is 7.31. The summed E-state index contributed by atoms with van der Waals surface area (Å²) in [4.78, 5) is 0. The van der Waals surface area contributed by atoms with Crippen molar-refractivity contribution >= 4 is 10.1 Å². The molecule has 4 nitrogen and oxygen atoms in total. The Morgan fingerprint density at radius 3 is 2.07 bits per heavy atom. The predicted octanol–water partition coefficient (Wildman–Crippen LogP) is 5.09. The van der Waals surface area contributed by atoms with Gasteiger partial charge in [0.15, 0.2) is 5.75 Å². The lowest BCUT2D eigenvalue weighted by atomic mass is 9.83. The van der Waals surface area contributed by atoms with E-state index >= 15 is 0 Å². The van der Waals surface area contributed by atoms with Gasteiger partial charge in [-0.1, -0.05) is 24.3 Å². The van der Waals surface area contributed by atoms with Gasteiger partial charge >= 0.3 is 15.6 Å². The van der Waals surface area contributed by atoms with Crippen molar-refractivity contribution in [2.75, 3.05) is 7.11 Å². The van der Waals surface area contributed by atoms with Crippen LogP contribution >= 0.6 is 0 Å². The lowest BCUT2D eigenvalue weighted by molar-refractivity contribution is -0.0500. The summed E-state index contributed by atoms with van der Waals surface area (Å²) >= 11 is 0. The van der Waals surface area contributed by atoms with E-state index in [1.54, 1.807) is 25.1 Å². The lowest BCUT2D eigenvalue weighted by Gasteiger charge is -2.27. The summed E-state index contributed by atoms with van der Waals surface area (Å²) in [6, 6.07) is 7.09. The highest BCUT2D eigenvalue weighted by Crippen LogP contribution is 2.48. The minimum atomic E-state index is -5.80. The summed E-state index contributed by atoms with van der Waals surface area (Å²) < 4.78 is 73.3. The Kier molecular flexibility index (Phi) is 5.36. The number of alkyl halides is 3. The molecule has 0 unspecified atom stereocenters. The largest absolute Gasteiger partial charge is 0.534 e. The number of rotatable bonds is 4. The third kappa shape index (κ3) is 3.45. The van der Waals surface area contributed by atoms with Gasteiger partial charge in [0.1, 0.15) is 5.75 Å². The van der Waals surface area contributed by atoms with Crippen molar-refractivity contribution in [3.63, 3.8) is 0 Å². The molecule has 28 heavy (non-hydrogen) atoms. The van der Waals surface area contributed by atoms with Crippen molar-refractivity contribution in [1.82, 2.24) is 0 Å². The van der Waals surface area contributed by atoms with Crippen LogP contribution in [-0.4, -0.2) is 21.0 Å². The van der Waals surface area contributed by atoms with Crippen LogP contribution in [0.2, 0.25) is 0 Å². The second-order valence-electron chi connectivity index (χ2n) is 6.82. The maximum Gasteiger partial charge on any atom is 0.534 e. The summed E-state index contributed by atoms with van der Waals surface area (Å²) in [5.41, 5.74) is -2.04. The zero-order valence-corrected chi connectivity index (χ0v) is 16.6. The molecule has 1 aliphatic rings. The fourth-order valence-electron chi connectivity index (χ4n) is 3.77. The van der Waals surface area contributed by atoms with Gasteiger partial charge < -0.3 is 8.92 Å². The molecule has 152 valence electrons. The molecular weight excluding hydrogens is 393 g/mol. The molecule has 0 amide bonds. The normalized spacial score (nSPS) is 14.5. The van der Waals surface area contributed by atoms with E-state index in [2.05, 4.69) is 0 Å². The third-order valence-electron chi connectivity index (χ3n) is 5.05. The zero-order valence-electron chi connectivity index (χ0n) is 15.8. The van der Waals surface area contributed by atoms with Gasteiger partial charge in [-0.25, -0.2) is 0 Å². The molecule has 2 aromatic carbocycles. The maximum atomic E-state index is 13.1. The molecular formula is C20H21F3O4S. The van der Waals surface area contributed by atoms with Gasteiger partial charge in [0.05, 0.1) is 7.11 Å². The second-order valence-corrected chi connectivity index (χ2v) is 8.36. The van der Waals surface area contributed by atoms with Gasteiger partial charge in [0.2, 0.25) is 0 Å². The van der Waals surface area contributed by atoms with Crippen LogP contribution in [0.15, 0.2) is 24.3 Å². The first-order valence-electron chi connectivity index (χ1n) is 8.87.